The molecule has 0 bridgehead atoms. The van der Waals surface area contributed by atoms with Crippen molar-refractivity contribution in [3.63, 3.8) is 0 Å². The van der Waals surface area contributed by atoms with E-state index >= 15 is 0 Å². The van der Waals surface area contributed by atoms with Gasteiger partial charge in [0.2, 0.25) is 0 Å². The van der Waals surface area contributed by atoms with Crippen molar-refractivity contribution >= 4 is 0 Å². The molecule has 3 aliphatic rings. The summed E-state index contributed by atoms with van der Waals surface area (Å²) < 4.78 is 10.1. The van der Waals surface area contributed by atoms with Crippen LogP contribution in [0.4, 0.5) is 0 Å². The molecule has 44 N–H and O–H groups in total. The van der Waals surface area contributed by atoms with Gasteiger partial charge in [0.1, 0.15) is 0 Å². The summed E-state index contributed by atoms with van der Waals surface area (Å²) >= 11 is 0. The molecule has 3 fully saturated rings. The molecule has 0 saturated heterocycles. The fraction of sp³-hybridized carbons (Fsp3) is 1.00. The summed E-state index contributed by atoms with van der Waals surface area (Å²) in [7, 11) is 5.86. The average molecular weight is 1320 g/mol. The zero-order chi connectivity index (χ0) is 69.9. The van der Waals surface area contributed by atoms with Crippen molar-refractivity contribution in [3.05, 3.63) is 0 Å². The van der Waals surface area contributed by atoms with Gasteiger partial charge < -0.3 is 159 Å². The fourth-order valence-electron chi connectivity index (χ4n) is 7.24. The Morgan fingerprint density at radius 2 is 0.600 bits per heavy atom. The molecule has 0 spiro atoms. The Balaban J connectivity index is -0.000000114. The largest absolute Gasteiger partial charge is 0.396 e. The molecule has 2 unspecified atom stereocenters. The van der Waals surface area contributed by atoms with Crippen molar-refractivity contribution in [3.8, 4) is 0 Å². The minimum Gasteiger partial charge on any atom is -0.396 e. The summed E-state index contributed by atoms with van der Waals surface area (Å²) in [6.07, 6.45) is 26.6. The van der Waals surface area contributed by atoms with E-state index in [4.69, 9.17) is 127 Å². The lowest BCUT2D eigenvalue weighted by Crippen LogP contribution is -2.43. The maximum Gasteiger partial charge on any atom is 0.0701 e. The summed E-state index contributed by atoms with van der Waals surface area (Å²) in [6, 6.07) is 1.90. The molecule has 0 radical (unpaired) electrons. The summed E-state index contributed by atoms with van der Waals surface area (Å²) in [5.74, 6) is 0. The van der Waals surface area contributed by atoms with E-state index in [1.807, 2.05) is 21.1 Å². The maximum absolute atomic E-state index is 8.41. The lowest BCUT2D eigenvalue weighted by atomic mass is 9.92. The molecule has 0 aromatic rings. The van der Waals surface area contributed by atoms with Gasteiger partial charge in [-0.25, -0.2) is 0 Å². The molecule has 0 aliphatic heterocycles. The molecule has 0 aromatic carbocycles. The first-order valence-electron chi connectivity index (χ1n) is 34.5. The topological polar surface area (TPSA) is 614 Å². The van der Waals surface area contributed by atoms with Crippen LogP contribution in [-0.4, -0.2) is 262 Å². The van der Waals surface area contributed by atoms with E-state index in [2.05, 4.69) is 31.9 Å². The van der Waals surface area contributed by atoms with Gasteiger partial charge in [-0.05, 0) is 196 Å². The van der Waals surface area contributed by atoms with Gasteiger partial charge in [0.05, 0.1) is 33.0 Å². The maximum atomic E-state index is 8.41. The lowest BCUT2D eigenvalue weighted by molar-refractivity contribution is 0.0538. The summed E-state index contributed by atoms with van der Waals surface area (Å²) in [4.78, 5) is 0. The number of nitrogens with two attached hydrogens (primary N) is 17. The third-order valence-electron chi connectivity index (χ3n) is 12.6. The van der Waals surface area contributed by atoms with Gasteiger partial charge in [-0.15, -0.1) is 0 Å². The lowest BCUT2D eigenvalue weighted by Gasteiger charge is -2.24. The minimum absolute atomic E-state index is 0.208. The van der Waals surface area contributed by atoms with Gasteiger partial charge in [-0.1, -0.05) is 38.5 Å². The number of aliphatic hydroxyl groups is 4. The van der Waals surface area contributed by atoms with Crippen molar-refractivity contribution < 1.29 is 29.9 Å². The molecule has 3 saturated carbocycles. The van der Waals surface area contributed by atoms with Gasteiger partial charge in [0.25, 0.3) is 0 Å². The first-order valence-corrected chi connectivity index (χ1v) is 34.5. The Labute approximate surface area is 552 Å². The number of nitrogens with one attached hydrogen (secondary N) is 6. The van der Waals surface area contributed by atoms with Crippen LogP contribution >= 0.6 is 0 Å². The number of hydrogen-bond acceptors (Lipinski definition) is 29. The van der Waals surface area contributed by atoms with E-state index in [0.29, 0.717) is 90.9 Å². The molecule has 0 aromatic heterocycles. The van der Waals surface area contributed by atoms with Crippen molar-refractivity contribution in [2.75, 3.05) is 205 Å². The molecule has 0 amide bonds. The number of rotatable bonds is 39. The SMILES string of the molecule is CNCCCN.CNCCCNC.NC1CCCC(N)C1.NCCCCCNCCN.NCCCN.NCCN.NCCNCCN.NCCOCCOCCN.N[C@@H]1CCCC[C@@H]1N.N[C@@H]1CCCC[C@H]1N.OCCCCCNCCO.OCCCCCO. The number of ether oxygens (including phenoxy) is 2. The van der Waals surface area contributed by atoms with Crippen molar-refractivity contribution in [2.24, 2.45) is 97.5 Å². The second-order valence-corrected chi connectivity index (χ2v) is 21.5. The zero-order valence-corrected chi connectivity index (χ0v) is 58.7. The normalized spacial score (nSPS) is 17.6. The van der Waals surface area contributed by atoms with Gasteiger partial charge in [-0.3, -0.25) is 0 Å². The Kier molecular flexibility index (Phi) is 134. The van der Waals surface area contributed by atoms with Gasteiger partial charge in [0, 0.05) is 128 Å². The predicted molar refractivity (Wildman–Crippen MR) is 389 cm³/mol. The molecular weight excluding hydrogens is 1150 g/mol. The number of unbranched alkanes of at least 4 members (excludes halogenated alkanes) is 6. The molecule has 3 rings (SSSR count). The standard InChI is InChI=1S/C7H19N3.C7H17NO2.C6H16N2O2.3C6H14N2.C5H14N2.C5H12O2.C4H13N3.C4H12N2.C3H10N2.C2H8N2/c8-4-2-1-3-6-10-7-5-9;9-6-3-1-2-4-8-5-7-10;7-1-3-9-5-6-10-4-2-8;7-5-2-1-3-6(8)4-5;2*7-5-3-1-2-4-6(5)8;1-6-4-3-5-7-2;6-4-2-1-3-5-7;5-1-3-7-4-2-6;1-6-4-2-3-5;4-2-1-3-5;3-1-2-4/h10H,1-9H2;8-10H,1-7H2;1-8H2;3*5-6H,1-4,7-8H2;6-7H,3-5H2,1-2H3;6-7H,1-5H2;7H,1-6H2;6H,2-5H2,1H3;1-5H2;1-4H2/t;;;;5-,6+;5-,6-;;;;;;/m.....1....../s1. The van der Waals surface area contributed by atoms with Gasteiger partial charge in [-0.2, -0.15) is 0 Å². The third-order valence-corrected chi connectivity index (χ3v) is 12.6. The van der Waals surface area contributed by atoms with E-state index in [1.54, 1.807) is 0 Å². The van der Waals surface area contributed by atoms with Crippen LogP contribution in [0.2, 0.25) is 0 Å². The zero-order valence-electron chi connectivity index (χ0n) is 58.7. The van der Waals surface area contributed by atoms with Crippen LogP contribution in [0.15, 0.2) is 0 Å². The first-order chi connectivity index (χ1) is 43.6. The Hall–Kier alpha value is -1.16. The molecule has 29 heteroatoms. The molecule has 29 nitrogen and oxygen atoms in total. The summed E-state index contributed by atoms with van der Waals surface area (Å²) in [6.45, 7) is 19.6. The Morgan fingerprint density at radius 1 is 0.278 bits per heavy atom. The molecule has 558 valence electrons. The van der Waals surface area contributed by atoms with Crippen LogP contribution in [0.3, 0.4) is 0 Å². The number of hydrogen-bond donors (Lipinski definition) is 27. The van der Waals surface area contributed by atoms with Crippen LogP contribution in [-0.2, 0) is 9.47 Å². The van der Waals surface area contributed by atoms with E-state index in [0.717, 1.165) is 175 Å². The van der Waals surface area contributed by atoms with E-state index in [1.165, 1.54) is 64.2 Å². The average Bonchev–Trinajstić information content (AvgIpc) is 3.71. The van der Waals surface area contributed by atoms with Crippen LogP contribution < -0.4 is 129 Å². The summed E-state index contributed by atoms with van der Waals surface area (Å²) in [5.41, 5.74) is 90.3. The van der Waals surface area contributed by atoms with E-state index < -0.39 is 0 Å². The molecule has 6 atom stereocenters. The van der Waals surface area contributed by atoms with Crippen LogP contribution in [0.5, 0.6) is 0 Å². The second-order valence-electron chi connectivity index (χ2n) is 21.5. The molecule has 3 aliphatic carbocycles. The molecule has 0 heterocycles. The van der Waals surface area contributed by atoms with Crippen LogP contribution in [0.1, 0.15) is 154 Å². The number of aliphatic hydroxyl groups excluding tert-OH is 4. The van der Waals surface area contributed by atoms with Crippen molar-refractivity contribution in [2.45, 2.75) is 190 Å². The Morgan fingerprint density at radius 3 is 0.844 bits per heavy atom. The predicted octanol–water partition coefficient (Wildman–Crippen LogP) is -4.82. The first kappa shape index (κ1) is 108. The van der Waals surface area contributed by atoms with E-state index in [-0.39, 0.29) is 44.0 Å². The third kappa shape index (κ3) is 131. The Bertz CT molecular complexity index is 930. The van der Waals surface area contributed by atoms with Crippen molar-refractivity contribution in [1.82, 2.24) is 31.9 Å². The second kappa shape index (κ2) is 112. The van der Waals surface area contributed by atoms with Crippen LogP contribution in [0, 0.1) is 0 Å². The highest BCUT2D eigenvalue weighted by Crippen LogP contribution is 2.16. The molecular formula is C61H163N23O6. The van der Waals surface area contributed by atoms with Crippen molar-refractivity contribution in [1.29, 1.82) is 0 Å². The summed E-state index contributed by atoms with van der Waals surface area (Å²) in [5, 5.41) is 51.6. The van der Waals surface area contributed by atoms with Gasteiger partial charge >= 0.3 is 0 Å². The molecule has 90 heavy (non-hydrogen) atoms. The van der Waals surface area contributed by atoms with E-state index in [9.17, 15) is 0 Å². The highest BCUT2D eigenvalue weighted by molar-refractivity contribution is 4.81. The van der Waals surface area contributed by atoms with Gasteiger partial charge in [0.15, 0.2) is 0 Å². The minimum atomic E-state index is 0.208. The quantitative estimate of drug-likeness (QED) is 0.0257. The highest BCUT2D eigenvalue weighted by Gasteiger charge is 2.17. The monoisotopic (exact) mass is 1310 g/mol. The van der Waals surface area contributed by atoms with Crippen LogP contribution in [0.25, 0.3) is 0 Å². The fourth-order valence-corrected chi connectivity index (χ4v) is 7.24. The smallest absolute Gasteiger partial charge is 0.0701 e. The highest BCUT2D eigenvalue weighted by atomic mass is 16.5.